The summed E-state index contributed by atoms with van der Waals surface area (Å²) in [7, 11) is 0. The minimum atomic E-state index is -0.397. The molecule has 6 heteroatoms. The predicted octanol–water partition coefficient (Wildman–Crippen LogP) is 3.31. The third kappa shape index (κ3) is 2.48. The van der Waals surface area contributed by atoms with Crippen LogP contribution in [0.25, 0.3) is 0 Å². The molecule has 1 aliphatic heterocycles. The summed E-state index contributed by atoms with van der Waals surface area (Å²) < 4.78 is 13.9. The monoisotopic (exact) mass is 307 g/mol. The van der Waals surface area contributed by atoms with E-state index in [0.717, 1.165) is 9.11 Å². The van der Waals surface area contributed by atoms with Gasteiger partial charge in [0.2, 0.25) is 11.8 Å². The number of rotatable bonds is 3. The van der Waals surface area contributed by atoms with Crippen LogP contribution in [-0.4, -0.2) is 17.1 Å². The van der Waals surface area contributed by atoms with Crippen molar-refractivity contribution < 1.29 is 14.0 Å². The first-order valence-electron chi connectivity index (χ1n) is 5.97. The fourth-order valence-electron chi connectivity index (χ4n) is 2.03. The van der Waals surface area contributed by atoms with Crippen molar-refractivity contribution in [2.24, 2.45) is 0 Å². The number of thiophene rings is 1. The number of hydrogen-bond acceptors (Lipinski definition) is 4. The molecule has 1 aliphatic rings. The highest BCUT2D eigenvalue weighted by Gasteiger charge is 2.40. The summed E-state index contributed by atoms with van der Waals surface area (Å²) in [4.78, 5) is 25.5. The minimum absolute atomic E-state index is 0.179. The van der Waals surface area contributed by atoms with Gasteiger partial charge in [-0.1, -0.05) is 6.07 Å². The Morgan fingerprint density at radius 1 is 1.20 bits per heavy atom. The number of carbonyl (C=O) groups is 2. The van der Waals surface area contributed by atoms with E-state index >= 15 is 0 Å². The van der Waals surface area contributed by atoms with Crippen LogP contribution < -0.4 is 4.90 Å². The minimum Gasteiger partial charge on any atom is -0.274 e. The molecule has 2 amide bonds. The molecular weight excluding hydrogens is 297 g/mol. The highest BCUT2D eigenvalue weighted by atomic mass is 32.2. The van der Waals surface area contributed by atoms with E-state index < -0.39 is 11.1 Å². The predicted molar refractivity (Wildman–Crippen MR) is 77.5 cm³/mol. The molecule has 0 saturated carbocycles. The first kappa shape index (κ1) is 13.3. The van der Waals surface area contributed by atoms with Crippen molar-refractivity contribution in [1.82, 2.24) is 0 Å². The van der Waals surface area contributed by atoms with E-state index in [9.17, 15) is 14.0 Å². The third-order valence-electron chi connectivity index (χ3n) is 2.94. The number of thioether (sulfide) groups is 1. The lowest BCUT2D eigenvalue weighted by atomic mass is 10.3. The SMILES string of the molecule is O=C1CC(Sc2cccs2)C(=O)N1c1ccc(F)cc1. The Morgan fingerprint density at radius 2 is 1.95 bits per heavy atom. The summed E-state index contributed by atoms with van der Waals surface area (Å²) in [5.41, 5.74) is 0.427. The van der Waals surface area contributed by atoms with Gasteiger partial charge in [-0.05, 0) is 35.7 Å². The number of anilines is 1. The largest absolute Gasteiger partial charge is 0.274 e. The zero-order chi connectivity index (χ0) is 14.1. The third-order valence-corrected chi connectivity index (χ3v) is 5.20. The molecule has 1 unspecified atom stereocenters. The molecule has 0 radical (unpaired) electrons. The summed E-state index contributed by atoms with van der Waals surface area (Å²) >= 11 is 2.95. The summed E-state index contributed by atoms with van der Waals surface area (Å²) in [6.07, 6.45) is 0.179. The van der Waals surface area contributed by atoms with E-state index in [1.54, 1.807) is 11.3 Å². The lowest BCUT2D eigenvalue weighted by Crippen LogP contribution is -2.31. The zero-order valence-corrected chi connectivity index (χ0v) is 11.9. The van der Waals surface area contributed by atoms with Crippen molar-refractivity contribution >= 4 is 40.6 Å². The van der Waals surface area contributed by atoms with Crippen LogP contribution in [0, 0.1) is 5.82 Å². The number of hydrogen-bond donors (Lipinski definition) is 0. The van der Waals surface area contributed by atoms with Gasteiger partial charge in [0.15, 0.2) is 0 Å². The maximum absolute atomic E-state index is 12.9. The number of amides is 2. The average Bonchev–Trinajstić information content (AvgIpc) is 3.02. The van der Waals surface area contributed by atoms with E-state index in [1.807, 2.05) is 17.5 Å². The van der Waals surface area contributed by atoms with Crippen molar-refractivity contribution in [3.63, 3.8) is 0 Å². The van der Waals surface area contributed by atoms with Gasteiger partial charge in [0.05, 0.1) is 15.1 Å². The van der Waals surface area contributed by atoms with Gasteiger partial charge in [-0.2, -0.15) is 0 Å². The number of imide groups is 1. The molecule has 1 atom stereocenters. The molecule has 1 aromatic carbocycles. The van der Waals surface area contributed by atoms with E-state index in [-0.39, 0.29) is 18.2 Å². The van der Waals surface area contributed by atoms with Gasteiger partial charge < -0.3 is 0 Å². The Hall–Kier alpha value is -1.66. The molecule has 1 aromatic heterocycles. The van der Waals surface area contributed by atoms with Crippen molar-refractivity contribution in [3.05, 3.63) is 47.6 Å². The first-order valence-corrected chi connectivity index (χ1v) is 7.73. The fraction of sp³-hybridized carbons (Fsp3) is 0.143. The van der Waals surface area contributed by atoms with Crippen molar-refractivity contribution in [2.75, 3.05) is 4.90 Å². The van der Waals surface area contributed by atoms with Gasteiger partial charge in [-0.15, -0.1) is 23.1 Å². The summed E-state index contributed by atoms with van der Waals surface area (Å²) in [6.45, 7) is 0. The molecule has 102 valence electrons. The maximum atomic E-state index is 12.9. The second kappa shape index (κ2) is 5.38. The molecule has 0 N–H and O–H groups in total. The second-order valence-electron chi connectivity index (χ2n) is 4.29. The Morgan fingerprint density at radius 3 is 2.60 bits per heavy atom. The number of benzene rings is 1. The van der Waals surface area contributed by atoms with Gasteiger partial charge >= 0.3 is 0 Å². The quantitative estimate of drug-likeness (QED) is 0.816. The maximum Gasteiger partial charge on any atom is 0.247 e. The van der Waals surface area contributed by atoms with E-state index in [2.05, 4.69) is 0 Å². The van der Waals surface area contributed by atoms with E-state index in [0.29, 0.717) is 5.69 Å². The number of carbonyl (C=O) groups excluding carboxylic acids is 2. The van der Waals surface area contributed by atoms with Gasteiger partial charge in [-0.3, -0.25) is 9.59 Å². The second-order valence-corrected chi connectivity index (χ2v) is 6.74. The van der Waals surface area contributed by atoms with Gasteiger partial charge in [-0.25, -0.2) is 9.29 Å². The Balaban J connectivity index is 1.81. The molecule has 0 bridgehead atoms. The Kier molecular flexibility index (Phi) is 3.58. The smallest absolute Gasteiger partial charge is 0.247 e. The highest BCUT2D eigenvalue weighted by Crippen LogP contribution is 2.35. The van der Waals surface area contributed by atoms with Gasteiger partial charge in [0.25, 0.3) is 0 Å². The molecule has 1 fully saturated rings. The van der Waals surface area contributed by atoms with E-state index in [4.69, 9.17) is 0 Å². The van der Waals surface area contributed by atoms with Crippen LogP contribution in [0.2, 0.25) is 0 Å². The molecule has 1 saturated heterocycles. The Labute approximate surface area is 123 Å². The van der Waals surface area contributed by atoms with Crippen LogP contribution in [0.1, 0.15) is 6.42 Å². The lowest BCUT2D eigenvalue weighted by Gasteiger charge is -2.14. The van der Waals surface area contributed by atoms with Crippen LogP contribution >= 0.6 is 23.1 Å². The fourth-order valence-corrected chi connectivity index (χ4v) is 4.08. The number of halogens is 1. The van der Waals surface area contributed by atoms with Crippen LogP contribution in [0.4, 0.5) is 10.1 Å². The summed E-state index contributed by atoms with van der Waals surface area (Å²) in [5, 5.41) is 1.53. The lowest BCUT2D eigenvalue weighted by molar-refractivity contribution is -0.121. The standard InChI is InChI=1S/C14H10FNO2S2/c15-9-3-5-10(6-4-9)16-12(17)8-11(14(16)18)20-13-2-1-7-19-13/h1-7,11H,8H2. The van der Waals surface area contributed by atoms with Gasteiger partial charge in [0, 0.05) is 6.42 Å². The molecule has 2 heterocycles. The molecule has 0 spiro atoms. The molecule has 20 heavy (non-hydrogen) atoms. The molecule has 2 aromatic rings. The first-order chi connectivity index (χ1) is 9.65. The molecular formula is C14H10FNO2S2. The van der Waals surface area contributed by atoms with Crippen LogP contribution in [-0.2, 0) is 9.59 Å². The normalized spacial score (nSPS) is 18.9. The van der Waals surface area contributed by atoms with Crippen molar-refractivity contribution in [2.45, 2.75) is 15.9 Å². The van der Waals surface area contributed by atoms with Crippen molar-refractivity contribution in [3.8, 4) is 0 Å². The average molecular weight is 307 g/mol. The molecule has 3 nitrogen and oxygen atoms in total. The number of nitrogens with zero attached hydrogens (tertiary/aromatic N) is 1. The summed E-state index contributed by atoms with van der Waals surface area (Å²) in [5.74, 6) is -0.868. The summed E-state index contributed by atoms with van der Waals surface area (Å²) in [6, 6.07) is 9.22. The van der Waals surface area contributed by atoms with Crippen LogP contribution in [0.5, 0.6) is 0 Å². The van der Waals surface area contributed by atoms with Crippen LogP contribution in [0.15, 0.2) is 46.0 Å². The van der Waals surface area contributed by atoms with Gasteiger partial charge in [0.1, 0.15) is 5.82 Å². The Bertz CT molecular complexity index is 640. The molecule has 3 rings (SSSR count). The zero-order valence-electron chi connectivity index (χ0n) is 10.3. The highest BCUT2D eigenvalue weighted by molar-refractivity contribution is 8.02. The van der Waals surface area contributed by atoms with Crippen LogP contribution in [0.3, 0.4) is 0 Å². The molecule has 0 aliphatic carbocycles. The topological polar surface area (TPSA) is 37.4 Å². The van der Waals surface area contributed by atoms with Crippen molar-refractivity contribution in [1.29, 1.82) is 0 Å². The van der Waals surface area contributed by atoms with E-state index in [1.165, 1.54) is 36.0 Å².